The number of hydrogen-bond acceptors (Lipinski definition) is 5. The normalized spacial score (nSPS) is 30.0. The number of carboxylic acids is 1. The molecule has 4 rings (SSSR count). The number of nitrogens with zero attached hydrogens (tertiary/aromatic N) is 1. The Morgan fingerprint density at radius 1 is 1.24 bits per heavy atom. The SMILES string of the molecule is CCCCN1C(=O)C2C(c3cc(Br)ccc3OC)NC(CC3CCCCC3)(C(=O)O)C2C1=O. The van der Waals surface area contributed by atoms with Crippen molar-refractivity contribution in [2.24, 2.45) is 17.8 Å². The third-order valence-electron chi connectivity index (χ3n) is 7.72. The number of carbonyl (C=O) groups is 3. The van der Waals surface area contributed by atoms with Crippen molar-refractivity contribution in [2.75, 3.05) is 13.7 Å². The highest BCUT2D eigenvalue weighted by Crippen LogP contribution is 2.53. The van der Waals surface area contributed by atoms with Crippen LogP contribution in [0.2, 0.25) is 0 Å². The van der Waals surface area contributed by atoms with Gasteiger partial charge in [-0.2, -0.15) is 0 Å². The largest absolute Gasteiger partial charge is 0.496 e. The second-order valence-electron chi connectivity index (χ2n) is 9.68. The highest BCUT2D eigenvalue weighted by Gasteiger charge is 2.68. The van der Waals surface area contributed by atoms with Crippen LogP contribution >= 0.6 is 15.9 Å². The van der Waals surface area contributed by atoms with E-state index in [1.807, 2.05) is 19.1 Å². The van der Waals surface area contributed by atoms with Gasteiger partial charge in [-0.15, -0.1) is 0 Å². The Labute approximate surface area is 203 Å². The molecule has 1 saturated carbocycles. The lowest BCUT2D eigenvalue weighted by atomic mass is 9.72. The minimum atomic E-state index is -1.47. The molecular weight excluding hydrogens is 488 g/mol. The second-order valence-corrected chi connectivity index (χ2v) is 10.6. The van der Waals surface area contributed by atoms with Gasteiger partial charge in [0.25, 0.3) is 0 Å². The van der Waals surface area contributed by atoms with Crippen LogP contribution in [-0.4, -0.2) is 47.0 Å². The number of benzene rings is 1. The Balaban J connectivity index is 1.81. The smallest absolute Gasteiger partial charge is 0.324 e. The number of imide groups is 1. The molecule has 33 heavy (non-hydrogen) atoms. The van der Waals surface area contributed by atoms with Gasteiger partial charge in [0, 0.05) is 22.6 Å². The number of aliphatic carboxylic acids is 1. The molecule has 2 heterocycles. The van der Waals surface area contributed by atoms with Crippen molar-refractivity contribution in [2.45, 2.75) is 69.9 Å². The maximum atomic E-state index is 13.6. The van der Waals surface area contributed by atoms with Crippen molar-refractivity contribution in [3.63, 3.8) is 0 Å². The van der Waals surface area contributed by atoms with Crippen LogP contribution in [0.25, 0.3) is 0 Å². The Kier molecular flexibility index (Phi) is 7.15. The standard InChI is InChI=1S/C25H33BrN2O5/c1-3-4-12-28-22(29)19-20(23(28)30)25(24(31)32,14-15-8-6-5-7-9-15)27-21(19)17-13-16(26)10-11-18(17)33-2/h10-11,13,15,19-21,27H,3-9,12,14H2,1-2H3,(H,31,32). The molecule has 8 heteroatoms. The van der Waals surface area contributed by atoms with Gasteiger partial charge in [-0.25, -0.2) is 0 Å². The summed E-state index contributed by atoms with van der Waals surface area (Å²) in [5.41, 5.74) is -0.773. The zero-order valence-electron chi connectivity index (χ0n) is 19.3. The number of carbonyl (C=O) groups excluding carboxylic acids is 2. The number of halogens is 1. The number of methoxy groups -OCH3 is 1. The first-order chi connectivity index (χ1) is 15.8. The number of nitrogens with one attached hydrogen (secondary N) is 1. The average molecular weight is 521 g/mol. The molecule has 2 aliphatic heterocycles. The van der Waals surface area contributed by atoms with E-state index in [-0.39, 0.29) is 17.7 Å². The lowest BCUT2D eigenvalue weighted by Gasteiger charge is -2.35. The zero-order chi connectivity index (χ0) is 23.8. The predicted molar refractivity (Wildman–Crippen MR) is 127 cm³/mol. The fraction of sp³-hybridized carbons (Fsp3) is 0.640. The molecule has 4 unspecified atom stereocenters. The summed E-state index contributed by atoms with van der Waals surface area (Å²) < 4.78 is 6.38. The molecular formula is C25H33BrN2O5. The molecule has 2 saturated heterocycles. The molecule has 0 bridgehead atoms. The van der Waals surface area contributed by atoms with Gasteiger partial charge in [0.15, 0.2) is 0 Å². The third kappa shape index (κ3) is 4.20. The van der Waals surface area contributed by atoms with Crippen molar-refractivity contribution in [1.82, 2.24) is 10.2 Å². The Hall–Kier alpha value is -1.93. The highest BCUT2D eigenvalue weighted by atomic mass is 79.9. The molecule has 0 spiro atoms. The number of fused-ring (bicyclic) bond motifs is 1. The van der Waals surface area contributed by atoms with E-state index in [0.717, 1.165) is 43.0 Å². The van der Waals surface area contributed by atoms with Gasteiger partial charge in [-0.05, 0) is 37.0 Å². The molecule has 3 aliphatic rings. The number of unbranched alkanes of at least 4 members (excludes halogenated alkanes) is 1. The van der Waals surface area contributed by atoms with Crippen LogP contribution in [-0.2, 0) is 14.4 Å². The number of hydrogen-bond donors (Lipinski definition) is 2. The number of carboxylic acid groups (broad SMARTS) is 1. The van der Waals surface area contributed by atoms with E-state index in [4.69, 9.17) is 4.74 Å². The number of amides is 2. The van der Waals surface area contributed by atoms with E-state index in [1.165, 1.54) is 4.90 Å². The van der Waals surface area contributed by atoms with Crippen LogP contribution in [0.5, 0.6) is 5.75 Å². The van der Waals surface area contributed by atoms with Crippen molar-refractivity contribution in [3.05, 3.63) is 28.2 Å². The summed E-state index contributed by atoms with van der Waals surface area (Å²) in [6.45, 7) is 2.34. The summed E-state index contributed by atoms with van der Waals surface area (Å²) in [6.07, 6.45) is 7.14. The fourth-order valence-electron chi connectivity index (χ4n) is 6.13. The monoisotopic (exact) mass is 520 g/mol. The molecule has 7 nitrogen and oxygen atoms in total. The second kappa shape index (κ2) is 9.74. The van der Waals surface area contributed by atoms with Crippen LogP contribution in [0.3, 0.4) is 0 Å². The summed E-state index contributed by atoms with van der Waals surface area (Å²) >= 11 is 3.49. The topological polar surface area (TPSA) is 95.9 Å². The minimum Gasteiger partial charge on any atom is -0.496 e. The molecule has 3 fully saturated rings. The zero-order valence-corrected chi connectivity index (χ0v) is 20.9. The van der Waals surface area contributed by atoms with E-state index >= 15 is 0 Å². The quantitative estimate of drug-likeness (QED) is 0.496. The number of likely N-dealkylation sites (tertiary alicyclic amines) is 1. The van der Waals surface area contributed by atoms with Crippen LogP contribution in [0.15, 0.2) is 22.7 Å². The van der Waals surface area contributed by atoms with Crippen LogP contribution < -0.4 is 10.1 Å². The number of ether oxygens (including phenoxy) is 1. The summed E-state index contributed by atoms with van der Waals surface area (Å²) in [5.74, 6) is -2.56. The molecule has 1 aromatic rings. The lowest BCUT2D eigenvalue weighted by Crippen LogP contribution is -2.56. The van der Waals surface area contributed by atoms with Gasteiger partial charge in [0.2, 0.25) is 11.8 Å². The maximum Gasteiger partial charge on any atom is 0.324 e. The van der Waals surface area contributed by atoms with Gasteiger partial charge in [-0.1, -0.05) is 61.4 Å². The van der Waals surface area contributed by atoms with E-state index < -0.39 is 29.4 Å². The fourth-order valence-corrected chi connectivity index (χ4v) is 6.51. The van der Waals surface area contributed by atoms with Gasteiger partial charge in [0.1, 0.15) is 11.3 Å². The predicted octanol–water partition coefficient (Wildman–Crippen LogP) is 4.30. The van der Waals surface area contributed by atoms with E-state index in [0.29, 0.717) is 30.7 Å². The molecule has 1 aliphatic carbocycles. The van der Waals surface area contributed by atoms with E-state index in [1.54, 1.807) is 13.2 Å². The molecule has 4 atom stereocenters. The first kappa shape index (κ1) is 24.2. The van der Waals surface area contributed by atoms with E-state index in [9.17, 15) is 19.5 Å². The summed E-state index contributed by atoms with van der Waals surface area (Å²) in [7, 11) is 1.56. The molecule has 2 amide bonds. The van der Waals surface area contributed by atoms with Crippen molar-refractivity contribution >= 4 is 33.7 Å². The highest BCUT2D eigenvalue weighted by molar-refractivity contribution is 9.10. The molecule has 0 radical (unpaired) electrons. The molecule has 180 valence electrons. The van der Waals surface area contributed by atoms with Crippen molar-refractivity contribution < 1.29 is 24.2 Å². The van der Waals surface area contributed by atoms with E-state index in [2.05, 4.69) is 21.2 Å². The first-order valence-corrected chi connectivity index (χ1v) is 12.8. The van der Waals surface area contributed by atoms with Crippen molar-refractivity contribution in [1.29, 1.82) is 0 Å². The lowest BCUT2D eigenvalue weighted by molar-refractivity contribution is -0.152. The maximum absolute atomic E-state index is 13.6. The van der Waals surface area contributed by atoms with Crippen LogP contribution in [0.1, 0.15) is 69.9 Å². The Bertz CT molecular complexity index is 931. The van der Waals surface area contributed by atoms with Gasteiger partial charge in [0.05, 0.1) is 18.9 Å². The average Bonchev–Trinajstić information content (AvgIpc) is 3.27. The molecule has 2 N–H and O–H groups in total. The first-order valence-electron chi connectivity index (χ1n) is 12.0. The van der Waals surface area contributed by atoms with Crippen LogP contribution in [0.4, 0.5) is 0 Å². The van der Waals surface area contributed by atoms with Crippen LogP contribution in [0, 0.1) is 17.8 Å². The summed E-state index contributed by atoms with van der Waals surface area (Å²) in [5, 5.41) is 13.9. The minimum absolute atomic E-state index is 0.221. The van der Waals surface area contributed by atoms with Crippen molar-refractivity contribution in [3.8, 4) is 5.75 Å². The number of rotatable bonds is 8. The molecule has 1 aromatic carbocycles. The molecule has 0 aromatic heterocycles. The Morgan fingerprint density at radius 2 is 1.97 bits per heavy atom. The third-order valence-corrected chi connectivity index (χ3v) is 8.22. The van der Waals surface area contributed by atoms with Gasteiger partial charge < -0.3 is 9.84 Å². The van der Waals surface area contributed by atoms with Gasteiger partial charge in [-0.3, -0.25) is 24.6 Å². The summed E-state index contributed by atoms with van der Waals surface area (Å²) in [4.78, 5) is 41.5. The van der Waals surface area contributed by atoms with Gasteiger partial charge >= 0.3 is 5.97 Å². The summed E-state index contributed by atoms with van der Waals surface area (Å²) in [6, 6.07) is 4.88. The Morgan fingerprint density at radius 3 is 2.61 bits per heavy atom.